The van der Waals surface area contributed by atoms with Crippen LogP contribution in [0.3, 0.4) is 0 Å². The lowest BCUT2D eigenvalue weighted by Crippen LogP contribution is -2.48. The van der Waals surface area contributed by atoms with Crippen molar-refractivity contribution in [3.05, 3.63) is 82.5 Å². The molecule has 2 aromatic carbocycles. The molecule has 1 aliphatic rings. The molecule has 41 heavy (non-hydrogen) atoms. The Kier molecular flexibility index (Phi) is 9.25. The van der Waals surface area contributed by atoms with Crippen LogP contribution in [-0.4, -0.2) is 65.9 Å². The van der Waals surface area contributed by atoms with E-state index in [0.717, 1.165) is 46.8 Å². The first kappa shape index (κ1) is 28.7. The van der Waals surface area contributed by atoms with Crippen molar-refractivity contribution in [1.82, 2.24) is 19.3 Å². The molecule has 1 amide bonds. The Morgan fingerprint density at radius 2 is 1.93 bits per heavy atom. The number of hydrogen-bond acceptors (Lipinski definition) is 8. The van der Waals surface area contributed by atoms with Crippen LogP contribution < -0.4 is 14.8 Å². The topological polar surface area (TPSA) is 99.5 Å². The molecule has 0 radical (unpaired) electrons. The first-order valence-corrected chi connectivity index (χ1v) is 14.2. The van der Waals surface area contributed by atoms with Gasteiger partial charge in [-0.2, -0.15) is 0 Å². The van der Waals surface area contributed by atoms with Crippen LogP contribution in [0, 0.1) is 0 Å². The third-order valence-electron chi connectivity index (χ3n) is 7.35. The Morgan fingerprint density at radius 1 is 1.10 bits per heavy atom. The molecule has 2 atom stereocenters. The number of aromatic nitrogens is 3. The molecule has 2 aromatic heterocycles. The number of hydrogen-bond donors (Lipinski definition) is 1. The van der Waals surface area contributed by atoms with Crippen LogP contribution in [0.4, 0.5) is 10.6 Å². The van der Waals surface area contributed by atoms with Gasteiger partial charge in [0.25, 0.3) is 0 Å². The highest BCUT2D eigenvalue weighted by Gasteiger charge is 2.35. The monoisotopic (exact) mass is 623 g/mol. The second kappa shape index (κ2) is 13.2. The van der Waals surface area contributed by atoms with Gasteiger partial charge in [-0.1, -0.05) is 30.3 Å². The molecule has 3 heterocycles. The molecule has 11 heteroatoms. The van der Waals surface area contributed by atoms with Gasteiger partial charge in [0.1, 0.15) is 34.1 Å². The van der Waals surface area contributed by atoms with Crippen LogP contribution >= 0.6 is 15.9 Å². The van der Waals surface area contributed by atoms with Crippen molar-refractivity contribution >= 4 is 33.4 Å². The zero-order chi connectivity index (χ0) is 28.8. The maximum atomic E-state index is 13.2. The number of imidazole rings is 1. The minimum atomic E-state index is -0.349. The fraction of sp³-hybridized carbons (Fsp3) is 0.367. The van der Waals surface area contributed by atoms with E-state index in [1.807, 2.05) is 59.1 Å². The van der Waals surface area contributed by atoms with E-state index in [1.165, 1.54) is 0 Å². The van der Waals surface area contributed by atoms with Crippen molar-refractivity contribution < 1.29 is 23.7 Å². The summed E-state index contributed by atoms with van der Waals surface area (Å²) in [4.78, 5) is 24.5. The van der Waals surface area contributed by atoms with E-state index in [0.29, 0.717) is 30.1 Å². The Balaban J connectivity index is 1.35. The number of benzene rings is 2. The summed E-state index contributed by atoms with van der Waals surface area (Å²) in [7, 11) is 4.92. The SMILES string of the molecule is COC[C@@H]1CC[C@H](c2nc(Br)c3c(NCc4ccc(OC)cc4OC)nccn23)CN1C(=O)OCc1ccccc1. The molecular weight excluding hydrogens is 590 g/mol. The number of amides is 1. The van der Waals surface area contributed by atoms with Crippen LogP contribution in [0.25, 0.3) is 5.52 Å². The molecule has 216 valence electrons. The first-order chi connectivity index (χ1) is 20.0. The molecule has 10 nitrogen and oxygen atoms in total. The molecule has 0 bridgehead atoms. The Bertz CT molecular complexity index is 1480. The van der Waals surface area contributed by atoms with Crippen LogP contribution in [-0.2, 0) is 22.6 Å². The zero-order valence-electron chi connectivity index (χ0n) is 23.4. The molecule has 0 unspecified atom stereocenters. The van der Waals surface area contributed by atoms with Gasteiger partial charge in [0, 0.05) is 50.1 Å². The summed E-state index contributed by atoms with van der Waals surface area (Å²) in [6.07, 6.45) is 4.94. The van der Waals surface area contributed by atoms with E-state index in [1.54, 1.807) is 32.4 Å². The number of likely N-dealkylation sites (tertiary alicyclic amines) is 1. The summed E-state index contributed by atoms with van der Waals surface area (Å²) in [5.74, 6) is 3.00. The second-order valence-corrected chi connectivity index (χ2v) is 10.6. The molecular formula is C30H34BrN5O5. The van der Waals surface area contributed by atoms with Crippen LogP contribution in [0.1, 0.15) is 35.7 Å². The average Bonchev–Trinajstić information content (AvgIpc) is 3.36. The summed E-state index contributed by atoms with van der Waals surface area (Å²) in [5.41, 5.74) is 2.74. The van der Waals surface area contributed by atoms with Gasteiger partial charge in [-0.15, -0.1) is 0 Å². The highest BCUT2D eigenvalue weighted by molar-refractivity contribution is 9.10. The average molecular weight is 625 g/mol. The fourth-order valence-electron chi connectivity index (χ4n) is 5.24. The smallest absolute Gasteiger partial charge is 0.410 e. The summed E-state index contributed by atoms with van der Waals surface area (Å²) in [6, 6.07) is 15.3. The first-order valence-electron chi connectivity index (χ1n) is 13.5. The Morgan fingerprint density at radius 3 is 2.68 bits per heavy atom. The molecule has 0 spiro atoms. The van der Waals surface area contributed by atoms with Crippen LogP contribution in [0.2, 0.25) is 0 Å². The lowest BCUT2D eigenvalue weighted by molar-refractivity contribution is 0.0338. The number of ether oxygens (including phenoxy) is 4. The van der Waals surface area contributed by atoms with Gasteiger partial charge >= 0.3 is 6.09 Å². The molecule has 1 N–H and O–H groups in total. The third kappa shape index (κ3) is 6.41. The maximum Gasteiger partial charge on any atom is 0.410 e. The number of carbonyl (C=O) groups is 1. The van der Waals surface area contributed by atoms with Gasteiger partial charge < -0.3 is 29.2 Å². The number of nitrogens with zero attached hydrogens (tertiary/aromatic N) is 4. The predicted octanol–water partition coefficient (Wildman–Crippen LogP) is 5.65. The van der Waals surface area contributed by atoms with E-state index >= 15 is 0 Å². The van der Waals surface area contributed by atoms with E-state index in [9.17, 15) is 4.79 Å². The van der Waals surface area contributed by atoms with E-state index in [2.05, 4.69) is 26.2 Å². The largest absolute Gasteiger partial charge is 0.497 e. The van der Waals surface area contributed by atoms with Crippen molar-refractivity contribution in [2.24, 2.45) is 0 Å². The Labute approximate surface area is 247 Å². The molecule has 1 saturated heterocycles. The quantitative estimate of drug-likeness (QED) is 0.242. The standard InChI is InChI=1S/C30H34BrN5O5/c1-38-19-23-11-9-22(17-36(23)30(37)41-18-20-7-5-4-6-8-20)29-34-27(31)26-28(32-13-14-35(26)29)33-16-21-10-12-24(39-2)15-25(21)40-3/h4-8,10,12-15,22-23H,9,11,16-19H2,1-3H3,(H,32,33)/t22-,23-/m0/s1. The minimum absolute atomic E-state index is 0.00288. The molecule has 1 aliphatic heterocycles. The lowest BCUT2D eigenvalue weighted by atomic mass is 9.92. The molecule has 0 saturated carbocycles. The maximum absolute atomic E-state index is 13.2. The van der Waals surface area contributed by atoms with Gasteiger partial charge in [0.05, 0.1) is 26.9 Å². The normalized spacial score (nSPS) is 16.9. The molecule has 4 aromatic rings. The van der Waals surface area contributed by atoms with Crippen LogP contribution in [0.5, 0.6) is 11.5 Å². The van der Waals surface area contributed by atoms with Crippen molar-refractivity contribution in [3.63, 3.8) is 0 Å². The number of anilines is 1. The van der Waals surface area contributed by atoms with Crippen molar-refractivity contribution in [3.8, 4) is 11.5 Å². The van der Waals surface area contributed by atoms with Gasteiger partial charge in [-0.3, -0.25) is 4.40 Å². The Hall–Kier alpha value is -3.83. The lowest BCUT2D eigenvalue weighted by Gasteiger charge is -2.38. The number of rotatable bonds is 10. The van der Waals surface area contributed by atoms with E-state index in [-0.39, 0.29) is 24.7 Å². The summed E-state index contributed by atoms with van der Waals surface area (Å²) in [6.45, 7) is 1.64. The van der Waals surface area contributed by atoms with Gasteiger partial charge in [0.15, 0.2) is 5.82 Å². The van der Waals surface area contributed by atoms with Crippen LogP contribution in [0.15, 0.2) is 65.5 Å². The summed E-state index contributed by atoms with van der Waals surface area (Å²) < 4.78 is 24.7. The second-order valence-electron chi connectivity index (χ2n) is 9.86. The number of carbonyl (C=O) groups excluding carboxylic acids is 1. The van der Waals surface area contributed by atoms with Gasteiger partial charge in [-0.05, 0) is 46.5 Å². The fourth-order valence-corrected chi connectivity index (χ4v) is 5.80. The van der Waals surface area contributed by atoms with E-state index < -0.39 is 0 Å². The number of nitrogens with one attached hydrogen (secondary N) is 1. The molecule has 5 rings (SSSR count). The number of piperidine rings is 1. The molecule has 0 aliphatic carbocycles. The zero-order valence-corrected chi connectivity index (χ0v) is 25.0. The number of halogens is 1. The molecule has 1 fully saturated rings. The van der Waals surface area contributed by atoms with Gasteiger partial charge in [-0.25, -0.2) is 14.8 Å². The van der Waals surface area contributed by atoms with Crippen molar-refractivity contribution in [1.29, 1.82) is 0 Å². The number of methoxy groups -OCH3 is 3. The third-order valence-corrected chi connectivity index (χ3v) is 7.90. The minimum Gasteiger partial charge on any atom is -0.497 e. The van der Waals surface area contributed by atoms with Crippen molar-refractivity contribution in [2.75, 3.05) is 39.8 Å². The van der Waals surface area contributed by atoms with E-state index in [4.69, 9.17) is 23.9 Å². The highest BCUT2D eigenvalue weighted by atomic mass is 79.9. The van der Waals surface area contributed by atoms with Gasteiger partial charge in [0.2, 0.25) is 0 Å². The summed E-state index contributed by atoms with van der Waals surface area (Å²) >= 11 is 3.66. The number of fused-ring (bicyclic) bond motifs is 1. The van der Waals surface area contributed by atoms with Crippen molar-refractivity contribution in [2.45, 2.75) is 38.0 Å². The highest BCUT2D eigenvalue weighted by Crippen LogP contribution is 2.35. The predicted molar refractivity (Wildman–Crippen MR) is 159 cm³/mol. The summed E-state index contributed by atoms with van der Waals surface area (Å²) in [5, 5.41) is 3.43.